The molecule has 3 nitrogen and oxygen atoms in total. The fourth-order valence-electron chi connectivity index (χ4n) is 2.48. The second-order valence-electron chi connectivity index (χ2n) is 5.06. The third kappa shape index (κ3) is 2.11. The fraction of sp³-hybridized carbons (Fsp3) is 0.176. The smallest absolute Gasteiger partial charge is 0.150 e. The average Bonchev–Trinajstić information content (AvgIpc) is 2.78. The third-order valence-corrected chi connectivity index (χ3v) is 3.74. The predicted molar refractivity (Wildman–Crippen MR) is 80.1 cm³/mol. The molecule has 0 aliphatic rings. The first-order chi connectivity index (χ1) is 9.69. The van der Waals surface area contributed by atoms with Crippen molar-refractivity contribution < 1.29 is 4.79 Å². The van der Waals surface area contributed by atoms with Crippen LogP contribution in [0, 0.1) is 6.92 Å². The van der Waals surface area contributed by atoms with Crippen molar-refractivity contribution in [1.29, 1.82) is 0 Å². The molecular weight excluding hydrogens is 248 g/mol. The van der Waals surface area contributed by atoms with E-state index in [2.05, 4.69) is 22.5 Å². The largest absolute Gasteiger partial charge is 0.331 e. The fourth-order valence-corrected chi connectivity index (χ4v) is 2.48. The van der Waals surface area contributed by atoms with Crippen LogP contribution >= 0.6 is 0 Å². The Hall–Kier alpha value is -2.42. The number of rotatable bonds is 3. The highest BCUT2D eigenvalue weighted by Crippen LogP contribution is 2.19. The number of aryl methyl sites for hydroxylation is 2. The molecule has 3 rings (SSSR count). The van der Waals surface area contributed by atoms with Gasteiger partial charge in [-0.15, -0.1) is 0 Å². The molecular formula is C17H16N2O. The molecule has 0 aliphatic heterocycles. The molecule has 100 valence electrons. The molecule has 0 unspecified atom stereocenters. The molecule has 0 bridgehead atoms. The van der Waals surface area contributed by atoms with Crippen LogP contribution in [0.25, 0.3) is 11.0 Å². The van der Waals surface area contributed by atoms with Crippen LogP contribution in [0.1, 0.15) is 27.3 Å². The van der Waals surface area contributed by atoms with E-state index in [-0.39, 0.29) is 0 Å². The van der Waals surface area contributed by atoms with Crippen LogP contribution < -0.4 is 0 Å². The zero-order valence-corrected chi connectivity index (χ0v) is 11.6. The molecule has 3 heteroatoms. The van der Waals surface area contributed by atoms with Crippen LogP contribution in [-0.4, -0.2) is 15.8 Å². The standard InChI is InChI=1S/C17H16N2O/c1-12-7-8-13(11-20)9-14(12)10-17-18-15-5-3-4-6-16(15)19(17)2/h3-9,11H,10H2,1-2H3. The number of carbonyl (C=O) groups is 1. The molecule has 2 aromatic carbocycles. The number of hydrogen-bond acceptors (Lipinski definition) is 2. The van der Waals surface area contributed by atoms with Gasteiger partial charge in [-0.25, -0.2) is 4.98 Å². The molecule has 0 fully saturated rings. The normalized spacial score (nSPS) is 10.9. The molecule has 20 heavy (non-hydrogen) atoms. The second kappa shape index (κ2) is 4.93. The second-order valence-corrected chi connectivity index (χ2v) is 5.06. The summed E-state index contributed by atoms with van der Waals surface area (Å²) in [7, 11) is 2.03. The Kier molecular flexibility index (Phi) is 3.11. The molecule has 0 N–H and O–H groups in total. The third-order valence-electron chi connectivity index (χ3n) is 3.74. The minimum atomic E-state index is 0.712. The molecule has 1 heterocycles. The molecule has 0 spiro atoms. The average molecular weight is 264 g/mol. The van der Waals surface area contributed by atoms with Gasteiger partial charge in [0.2, 0.25) is 0 Å². The first-order valence-corrected chi connectivity index (χ1v) is 6.64. The Labute approximate surface area is 117 Å². The molecule has 0 atom stereocenters. The summed E-state index contributed by atoms with van der Waals surface area (Å²) in [5.74, 6) is 1.01. The quantitative estimate of drug-likeness (QED) is 0.680. The monoisotopic (exact) mass is 264 g/mol. The van der Waals surface area contributed by atoms with Crippen molar-refractivity contribution in [3.8, 4) is 0 Å². The van der Waals surface area contributed by atoms with Gasteiger partial charge in [-0.1, -0.05) is 24.3 Å². The van der Waals surface area contributed by atoms with E-state index in [1.54, 1.807) is 0 Å². The number of aldehydes is 1. The number of hydrogen-bond donors (Lipinski definition) is 0. The zero-order chi connectivity index (χ0) is 14.1. The summed E-state index contributed by atoms with van der Waals surface area (Å²) in [6.45, 7) is 2.06. The van der Waals surface area contributed by atoms with Crippen LogP contribution in [0.5, 0.6) is 0 Å². The van der Waals surface area contributed by atoms with Gasteiger partial charge in [-0.3, -0.25) is 4.79 Å². The van der Waals surface area contributed by atoms with Gasteiger partial charge in [-0.2, -0.15) is 0 Å². The van der Waals surface area contributed by atoms with E-state index >= 15 is 0 Å². The molecule has 0 saturated heterocycles. The zero-order valence-electron chi connectivity index (χ0n) is 11.6. The Morgan fingerprint density at radius 1 is 1.20 bits per heavy atom. The van der Waals surface area contributed by atoms with Gasteiger partial charge in [-0.05, 0) is 36.2 Å². The van der Waals surface area contributed by atoms with Gasteiger partial charge < -0.3 is 4.57 Å². The summed E-state index contributed by atoms with van der Waals surface area (Å²) >= 11 is 0. The maximum Gasteiger partial charge on any atom is 0.150 e. The topological polar surface area (TPSA) is 34.9 Å². The summed E-state index contributed by atoms with van der Waals surface area (Å²) in [5.41, 5.74) is 5.18. The predicted octanol–water partition coefficient (Wildman–Crippen LogP) is 3.29. The molecule has 0 amide bonds. The molecule has 1 aromatic heterocycles. The number of carbonyl (C=O) groups excluding carboxylic acids is 1. The van der Waals surface area contributed by atoms with Crippen molar-refractivity contribution in [2.45, 2.75) is 13.3 Å². The van der Waals surface area contributed by atoms with E-state index in [9.17, 15) is 4.79 Å². The summed E-state index contributed by atoms with van der Waals surface area (Å²) in [5, 5.41) is 0. The number of nitrogens with zero attached hydrogens (tertiary/aromatic N) is 2. The molecule has 0 saturated carbocycles. The summed E-state index contributed by atoms with van der Waals surface area (Å²) in [6.07, 6.45) is 1.62. The number of para-hydroxylation sites is 2. The van der Waals surface area contributed by atoms with E-state index in [0.29, 0.717) is 5.56 Å². The van der Waals surface area contributed by atoms with E-state index in [1.807, 2.05) is 43.4 Å². The first kappa shape index (κ1) is 12.6. The minimum Gasteiger partial charge on any atom is -0.331 e. The highest BCUT2D eigenvalue weighted by atomic mass is 16.1. The first-order valence-electron chi connectivity index (χ1n) is 6.64. The maximum absolute atomic E-state index is 10.9. The van der Waals surface area contributed by atoms with Gasteiger partial charge in [0.15, 0.2) is 0 Å². The lowest BCUT2D eigenvalue weighted by Gasteiger charge is -2.07. The lowest BCUT2D eigenvalue weighted by atomic mass is 10.0. The number of fused-ring (bicyclic) bond motifs is 1. The van der Waals surface area contributed by atoms with Crippen molar-refractivity contribution in [3.63, 3.8) is 0 Å². The molecule has 0 aliphatic carbocycles. The van der Waals surface area contributed by atoms with Crippen LogP contribution in [0.4, 0.5) is 0 Å². The highest BCUT2D eigenvalue weighted by Gasteiger charge is 2.09. The van der Waals surface area contributed by atoms with Gasteiger partial charge in [0.25, 0.3) is 0 Å². The molecule has 0 radical (unpaired) electrons. The Balaban J connectivity index is 2.05. The van der Waals surface area contributed by atoms with E-state index in [0.717, 1.165) is 35.1 Å². The van der Waals surface area contributed by atoms with Crippen LogP contribution in [-0.2, 0) is 13.5 Å². The lowest BCUT2D eigenvalue weighted by Crippen LogP contribution is -2.01. The van der Waals surface area contributed by atoms with Crippen LogP contribution in [0.15, 0.2) is 42.5 Å². The number of benzene rings is 2. The molecule has 3 aromatic rings. The van der Waals surface area contributed by atoms with Crippen molar-refractivity contribution in [1.82, 2.24) is 9.55 Å². The van der Waals surface area contributed by atoms with Crippen LogP contribution in [0.2, 0.25) is 0 Å². The summed E-state index contributed by atoms with van der Waals surface area (Å²) in [6, 6.07) is 13.9. The summed E-state index contributed by atoms with van der Waals surface area (Å²) < 4.78 is 2.11. The van der Waals surface area contributed by atoms with Crippen molar-refractivity contribution in [2.24, 2.45) is 7.05 Å². The summed E-state index contributed by atoms with van der Waals surface area (Å²) in [4.78, 5) is 15.6. The Bertz CT molecular complexity index is 787. The maximum atomic E-state index is 10.9. The van der Waals surface area contributed by atoms with Gasteiger partial charge >= 0.3 is 0 Å². The van der Waals surface area contributed by atoms with E-state index in [1.165, 1.54) is 5.56 Å². The minimum absolute atomic E-state index is 0.712. The number of imidazole rings is 1. The van der Waals surface area contributed by atoms with Crippen molar-refractivity contribution >= 4 is 17.3 Å². The Morgan fingerprint density at radius 2 is 2.00 bits per heavy atom. The SMILES string of the molecule is Cc1ccc(C=O)cc1Cc1nc2ccccc2n1C. The van der Waals surface area contributed by atoms with Gasteiger partial charge in [0, 0.05) is 19.0 Å². The Morgan fingerprint density at radius 3 is 2.75 bits per heavy atom. The van der Waals surface area contributed by atoms with E-state index in [4.69, 9.17) is 0 Å². The van der Waals surface area contributed by atoms with E-state index < -0.39 is 0 Å². The van der Waals surface area contributed by atoms with Gasteiger partial charge in [0.05, 0.1) is 11.0 Å². The number of aromatic nitrogens is 2. The van der Waals surface area contributed by atoms with Gasteiger partial charge in [0.1, 0.15) is 12.1 Å². The highest BCUT2D eigenvalue weighted by molar-refractivity contribution is 5.76. The van der Waals surface area contributed by atoms with Crippen molar-refractivity contribution in [3.05, 3.63) is 65.0 Å². The van der Waals surface area contributed by atoms with Crippen molar-refractivity contribution in [2.75, 3.05) is 0 Å². The lowest BCUT2D eigenvalue weighted by molar-refractivity contribution is 0.112. The van der Waals surface area contributed by atoms with Crippen LogP contribution in [0.3, 0.4) is 0 Å².